The highest BCUT2D eigenvalue weighted by Crippen LogP contribution is 2.14. The van der Waals surface area contributed by atoms with E-state index in [1.54, 1.807) is 6.20 Å². The van der Waals surface area contributed by atoms with E-state index < -0.39 is 0 Å². The van der Waals surface area contributed by atoms with Crippen molar-refractivity contribution in [3.05, 3.63) is 46.6 Å². The molecule has 0 radical (unpaired) electrons. The predicted octanol–water partition coefficient (Wildman–Crippen LogP) is 2.63. The maximum Gasteiger partial charge on any atom is 0.221 e. The first-order valence-electron chi connectivity index (χ1n) is 5.22. The minimum atomic E-state index is 0.268. The van der Waals surface area contributed by atoms with Crippen molar-refractivity contribution in [3.8, 4) is 0 Å². The average Bonchev–Trinajstić information content (AvgIpc) is 2.30. The molecule has 17 heavy (non-hydrogen) atoms. The number of aromatic nitrogens is 2. The molecule has 0 aliphatic rings. The summed E-state index contributed by atoms with van der Waals surface area (Å²) in [5.74, 6) is 1.02. The van der Waals surface area contributed by atoms with Gasteiger partial charge in [0.25, 0.3) is 0 Å². The summed E-state index contributed by atoms with van der Waals surface area (Å²) in [5, 5.41) is 3.93. The van der Waals surface area contributed by atoms with E-state index in [9.17, 15) is 0 Å². The van der Waals surface area contributed by atoms with Crippen molar-refractivity contribution in [3.63, 3.8) is 0 Å². The Labute approximate surface area is 105 Å². The van der Waals surface area contributed by atoms with Gasteiger partial charge in [0.1, 0.15) is 5.82 Å². The molecule has 0 aliphatic heterocycles. The van der Waals surface area contributed by atoms with E-state index in [1.165, 1.54) is 0 Å². The lowest BCUT2D eigenvalue weighted by molar-refractivity contribution is 1.07. The molecule has 3 N–H and O–H groups in total. The lowest BCUT2D eigenvalue weighted by atomic mass is 10.2. The second kappa shape index (κ2) is 5.01. The van der Waals surface area contributed by atoms with Crippen LogP contribution in [0.25, 0.3) is 0 Å². The first-order chi connectivity index (χ1) is 8.15. The number of hydrogen-bond donors (Lipinski definition) is 2. The Balaban J connectivity index is 2.09. The van der Waals surface area contributed by atoms with Gasteiger partial charge in [-0.25, -0.2) is 4.98 Å². The lowest BCUT2D eigenvalue weighted by Gasteiger charge is -2.08. The van der Waals surface area contributed by atoms with Crippen molar-refractivity contribution in [2.45, 2.75) is 13.5 Å². The Hall–Kier alpha value is -1.81. The molecule has 1 heterocycles. The zero-order valence-electron chi connectivity index (χ0n) is 9.44. The van der Waals surface area contributed by atoms with Crippen LogP contribution in [0.1, 0.15) is 11.1 Å². The number of nitrogens with one attached hydrogen (secondary N) is 1. The van der Waals surface area contributed by atoms with Crippen LogP contribution in [0.5, 0.6) is 0 Å². The van der Waals surface area contributed by atoms with Crippen LogP contribution in [0, 0.1) is 6.92 Å². The summed E-state index contributed by atoms with van der Waals surface area (Å²) in [5.41, 5.74) is 7.59. The molecule has 0 bridgehead atoms. The van der Waals surface area contributed by atoms with Gasteiger partial charge in [0, 0.05) is 23.3 Å². The van der Waals surface area contributed by atoms with Crippen LogP contribution in [0.15, 0.2) is 30.5 Å². The molecule has 4 nitrogen and oxygen atoms in total. The summed E-state index contributed by atoms with van der Waals surface area (Å²) in [7, 11) is 0. The topological polar surface area (TPSA) is 63.8 Å². The highest BCUT2D eigenvalue weighted by molar-refractivity contribution is 6.30. The summed E-state index contributed by atoms with van der Waals surface area (Å²) in [6.45, 7) is 2.58. The Morgan fingerprint density at radius 1 is 1.41 bits per heavy atom. The molecule has 0 amide bonds. The summed E-state index contributed by atoms with van der Waals surface area (Å²) < 4.78 is 0. The number of rotatable bonds is 3. The summed E-state index contributed by atoms with van der Waals surface area (Å²) in [6.07, 6.45) is 1.70. The standard InChI is InChI=1S/C12H13ClN4/c1-8-6-16-12(14)17-11(8)15-7-9-3-2-4-10(13)5-9/h2-6H,7H2,1H3,(H3,14,15,16,17). The van der Waals surface area contributed by atoms with Crippen molar-refractivity contribution < 1.29 is 0 Å². The van der Waals surface area contributed by atoms with E-state index in [0.717, 1.165) is 22.0 Å². The van der Waals surface area contributed by atoms with Gasteiger partial charge in [0.2, 0.25) is 5.95 Å². The summed E-state index contributed by atoms with van der Waals surface area (Å²) in [6, 6.07) is 7.67. The molecule has 0 atom stereocenters. The van der Waals surface area contributed by atoms with Gasteiger partial charge in [-0.2, -0.15) is 4.98 Å². The lowest BCUT2D eigenvalue weighted by Crippen LogP contribution is -2.06. The maximum absolute atomic E-state index is 5.91. The Morgan fingerprint density at radius 2 is 2.24 bits per heavy atom. The molecule has 5 heteroatoms. The van der Waals surface area contributed by atoms with Crippen LogP contribution in [-0.4, -0.2) is 9.97 Å². The van der Waals surface area contributed by atoms with Crippen molar-refractivity contribution in [1.82, 2.24) is 9.97 Å². The molecule has 0 saturated carbocycles. The fourth-order valence-electron chi connectivity index (χ4n) is 1.47. The molecule has 0 aliphatic carbocycles. The van der Waals surface area contributed by atoms with Gasteiger partial charge in [0.15, 0.2) is 0 Å². The zero-order valence-corrected chi connectivity index (χ0v) is 10.2. The largest absolute Gasteiger partial charge is 0.368 e. The fraction of sp³-hybridized carbons (Fsp3) is 0.167. The molecule has 0 fully saturated rings. The van der Waals surface area contributed by atoms with Gasteiger partial charge in [-0.1, -0.05) is 23.7 Å². The number of nitrogens with two attached hydrogens (primary N) is 1. The van der Waals surface area contributed by atoms with Gasteiger partial charge in [-0.3, -0.25) is 0 Å². The average molecular weight is 249 g/mol. The highest BCUT2D eigenvalue weighted by atomic mass is 35.5. The first-order valence-corrected chi connectivity index (χ1v) is 5.60. The predicted molar refractivity (Wildman–Crippen MR) is 70.0 cm³/mol. The third kappa shape index (κ3) is 3.07. The Kier molecular flexibility index (Phi) is 3.44. The molecular weight excluding hydrogens is 236 g/mol. The number of benzene rings is 1. The van der Waals surface area contributed by atoms with Crippen LogP contribution in [-0.2, 0) is 6.54 Å². The summed E-state index contributed by atoms with van der Waals surface area (Å²) in [4.78, 5) is 8.05. The molecule has 0 spiro atoms. The number of hydrogen-bond acceptors (Lipinski definition) is 4. The summed E-state index contributed by atoms with van der Waals surface area (Å²) >= 11 is 5.91. The quantitative estimate of drug-likeness (QED) is 0.877. The molecule has 0 unspecified atom stereocenters. The second-order valence-corrected chi connectivity index (χ2v) is 4.18. The smallest absolute Gasteiger partial charge is 0.221 e. The van der Waals surface area contributed by atoms with Crippen LogP contribution in [0.2, 0.25) is 5.02 Å². The molecule has 2 rings (SSSR count). The van der Waals surface area contributed by atoms with E-state index >= 15 is 0 Å². The number of nitrogen functional groups attached to an aromatic ring is 1. The van der Waals surface area contributed by atoms with Crippen LogP contribution in [0.4, 0.5) is 11.8 Å². The molecule has 88 valence electrons. The van der Waals surface area contributed by atoms with E-state index in [4.69, 9.17) is 17.3 Å². The minimum absolute atomic E-state index is 0.268. The van der Waals surface area contributed by atoms with E-state index in [0.29, 0.717) is 6.54 Å². The molecule has 0 saturated heterocycles. The first kappa shape index (κ1) is 11.7. The number of anilines is 2. The Morgan fingerprint density at radius 3 is 3.00 bits per heavy atom. The normalized spacial score (nSPS) is 10.2. The molecule has 2 aromatic rings. The minimum Gasteiger partial charge on any atom is -0.368 e. The van der Waals surface area contributed by atoms with Gasteiger partial charge < -0.3 is 11.1 Å². The third-order valence-electron chi connectivity index (χ3n) is 2.34. The van der Waals surface area contributed by atoms with Crippen LogP contribution in [0.3, 0.4) is 0 Å². The fourth-order valence-corrected chi connectivity index (χ4v) is 1.68. The third-order valence-corrected chi connectivity index (χ3v) is 2.57. The second-order valence-electron chi connectivity index (χ2n) is 3.74. The van der Waals surface area contributed by atoms with E-state index in [2.05, 4.69) is 15.3 Å². The SMILES string of the molecule is Cc1cnc(N)nc1NCc1cccc(Cl)c1. The highest BCUT2D eigenvalue weighted by Gasteiger charge is 2.01. The van der Waals surface area contributed by atoms with Gasteiger partial charge >= 0.3 is 0 Å². The van der Waals surface area contributed by atoms with Crippen molar-refractivity contribution in [2.24, 2.45) is 0 Å². The maximum atomic E-state index is 5.91. The number of aryl methyl sites for hydroxylation is 1. The molecule has 1 aromatic heterocycles. The van der Waals surface area contributed by atoms with Crippen molar-refractivity contribution in [1.29, 1.82) is 0 Å². The van der Waals surface area contributed by atoms with E-state index in [-0.39, 0.29) is 5.95 Å². The van der Waals surface area contributed by atoms with Crippen LogP contribution >= 0.6 is 11.6 Å². The Bertz CT molecular complexity index is 528. The number of nitrogens with zero attached hydrogens (tertiary/aromatic N) is 2. The number of halogens is 1. The van der Waals surface area contributed by atoms with Crippen molar-refractivity contribution >= 4 is 23.4 Å². The van der Waals surface area contributed by atoms with Gasteiger partial charge in [-0.15, -0.1) is 0 Å². The van der Waals surface area contributed by atoms with Crippen LogP contribution < -0.4 is 11.1 Å². The van der Waals surface area contributed by atoms with E-state index in [1.807, 2.05) is 31.2 Å². The zero-order chi connectivity index (χ0) is 12.3. The molecular formula is C12H13ClN4. The van der Waals surface area contributed by atoms with Gasteiger partial charge in [0.05, 0.1) is 0 Å². The monoisotopic (exact) mass is 248 g/mol. The van der Waals surface area contributed by atoms with Crippen molar-refractivity contribution in [2.75, 3.05) is 11.1 Å². The molecule has 1 aromatic carbocycles. The van der Waals surface area contributed by atoms with Gasteiger partial charge in [-0.05, 0) is 24.6 Å².